The molecule has 5 rings (SSSR count). The lowest BCUT2D eigenvalue weighted by Gasteiger charge is -2.63. The molecule has 1 aromatic carbocycles. The molecule has 2 saturated heterocycles. The summed E-state index contributed by atoms with van der Waals surface area (Å²) in [7, 11) is 0. The molecule has 7 nitrogen and oxygen atoms in total. The van der Waals surface area contributed by atoms with Crippen molar-refractivity contribution in [2.75, 3.05) is 37.6 Å². The largest absolute Gasteiger partial charge is 0.437 e. The first kappa shape index (κ1) is 25.6. The zero-order chi connectivity index (χ0) is 26.4. The van der Waals surface area contributed by atoms with E-state index in [0.717, 1.165) is 12.7 Å². The van der Waals surface area contributed by atoms with Crippen molar-refractivity contribution < 1.29 is 31.5 Å². The van der Waals surface area contributed by atoms with Crippen molar-refractivity contribution in [3.05, 3.63) is 54.0 Å². The number of hydrogen-bond donors (Lipinski definition) is 0. The molecule has 37 heavy (non-hydrogen) atoms. The molecule has 0 radical (unpaired) electrons. The van der Waals surface area contributed by atoms with Crippen LogP contribution in [0.2, 0.25) is 0 Å². The zero-order valence-electron chi connectivity index (χ0n) is 20.3. The van der Waals surface area contributed by atoms with E-state index in [1.807, 2.05) is 30.3 Å². The first-order valence-electron chi connectivity index (χ1n) is 12.2. The smallest absolute Gasteiger partial charge is 0.434 e. The summed E-state index contributed by atoms with van der Waals surface area (Å²) in [5, 5.41) is 0. The third-order valence-electron chi connectivity index (χ3n) is 7.52. The van der Waals surface area contributed by atoms with Crippen molar-refractivity contribution in [3.63, 3.8) is 0 Å². The predicted molar refractivity (Wildman–Crippen MR) is 124 cm³/mol. The highest BCUT2D eigenvalue weighted by Crippen LogP contribution is 2.58. The molecule has 0 N–H and O–H groups in total. The lowest BCUT2D eigenvalue weighted by atomic mass is 9.55. The summed E-state index contributed by atoms with van der Waals surface area (Å²) in [6, 6.07) is 9.52. The number of piperazine rings is 1. The fourth-order valence-corrected chi connectivity index (χ4v) is 5.87. The number of halogens is 5. The van der Waals surface area contributed by atoms with Gasteiger partial charge in [-0.05, 0) is 12.5 Å². The monoisotopic (exact) mass is 525 g/mol. The molecule has 0 unspecified atom stereocenters. The molecule has 1 amide bonds. The van der Waals surface area contributed by atoms with Gasteiger partial charge in [0.15, 0.2) is 11.3 Å². The van der Waals surface area contributed by atoms with Crippen LogP contribution in [-0.4, -0.2) is 76.7 Å². The Bertz CT molecular complexity index is 1100. The maximum atomic E-state index is 14.1. The highest BCUT2D eigenvalue weighted by atomic mass is 19.4. The number of rotatable bonds is 5. The number of alkyl halides is 5. The Kier molecular flexibility index (Phi) is 6.49. The number of nitrogens with zero attached hydrogens (tertiary/aromatic N) is 5. The van der Waals surface area contributed by atoms with E-state index in [-0.39, 0.29) is 43.7 Å². The summed E-state index contributed by atoms with van der Waals surface area (Å²) >= 11 is 0. The lowest BCUT2D eigenvalue weighted by Crippen LogP contribution is -2.71. The molecule has 3 fully saturated rings. The number of likely N-dealkylation sites (tertiary alicyclic amines) is 1. The summed E-state index contributed by atoms with van der Waals surface area (Å²) in [5.74, 6) is 0.253. The van der Waals surface area contributed by atoms with Crippen LogP contribution in [0.5, 0.6) is 0 Å². The van der Waals surface area contributed by atoms with Gasteiger partial charge in [-0.3, -0.25) is 4.90 Å². The van der Waals surface area contributed by atoms with Gasteiger partial charge < -0.3 is 14.5 Å². The number of carbonyl (C=O) groups is 1. The Balaban J connectivity index is 1.14. The molecule has 0 bridgehead atoms. The second-order valence-electron chi connectivity index (χ2n) is 10.5. The molecule has 1 saturated carbocycles. The molecule has 3 aliphatic rings. The number of carbonyl (C=O) groups excluding carboxylic acids is 1. The molecule has 1 aromatic heterocycles. The Morgan fingerprint density at radius 3 is 2.38 bits per heavy atom. The lowest BCUT2D eigenvalue weighted by molar-refractivity contribution is -0.243. The Labute approximate surface area is 211 Å². The van der Waals surface area contributed by atoms with E-state index in [1.54, 1.807) is 11.8 Å². The molecule has 3 heterocycles. The predicted octanol–water partition coefficient (Wildman–Crippen LogP) is 4.44. The maximum Gasteiger partial charge on any atom is 0.434 e. The van der Waals surface area contributed by atoms with Crippen LogP contribution in [-0.2, 0) is 17.5 Å². The van der Waals surface area contributed by atoms with Crippen LogP contribution in [0, 0.1) is 5.41 Å². The van der Waals surface area contributed by atoms with Crippen molar-refractivity contribution in [1.29, 1.82) is 0 Å². The molecule has 1 aliphatic carbocycles. The maximum absolute atomic E-state index is 14.1. The number of amides is 1. The minimum absolute atomic E-state index is 0.129. The van der Waals surface area contributed by atoms with E-state index in [2.05, 4.69) is 14.9 Å². The second kappa shape index (κ2) is 9.38. The molecular weight excluding hydrogens is 497 g/mol. The SMILES string of the molecule is C[C@@H]1CN(c2cnc(C(F)(F)F)cn2)CCN1C(=O)OC1(C(F)F)CC2(CN(Cc3ccccc3)C2)C1. The summed E-state index contributed by atoms with van der Waals surface area (Å²) in [6.07, 6.45) is -6.19. The fraction of sp³-hybridized carbons (Fsp3) is 0.560. The number of aromatic nitrogens is 2. The van der Waals surface area contributed by atoms with Crippen LogP contribution in [0.3, 0.4) is 0 Å². The van der Waals surface area contributed by atoms with Gasteiger partial charge in [-0.25, -0.2) is 23.5 Å². The van der Waals surface area contributed by atoms with E-state index in [0.29, 0.717) is 19.3 Å². The fourth-order valence-electron chi connectivity index (χ4n) is 5.87. The van der Waals surface area contributed by atoms with Crippen LogP contribution >= 0.6 is 0 Å². The number of anilines is 1. The molecule has 1 spiro atoms. The third-order valence-corrected chi connectivity index (χ3v) is 7.52. The standard InChI is InChI=1S/C25H28F5N5O2/c1-17-11-34(20-10-31-19(9-32-20)25(28,29)30)7-8-35(17)22(36)37-24(21(26)27)13-23(14-24)15-33(16-23)12-18-5-3-2-4-6-18/h2-6,9-10,17,21H,7-8,11-16H2,1H3/t17-/m1/s1. The van der Waals surface area contributed by atoms with Crippen LogP contribution in [0.15, 0.2) is 42.7 Å². The number of ether oxygens (including phenoxy) is 1. The van der Waals surface area contributed by atoms with Crippen molar-refractivity contribution in [3.8, 4) is 0 Å². The number of benzene rings is 1. The van der Waals surface area contributed by atoms with Gasteiger partial charge >= 0.3 is 12.3 Å². The Morgan fingerprint density at radius 2 is 1.81 bits per heavy atom. The first-order valence-corrected chi connectivity index (χ1v) is 12.2. The summed E-state index contributed by atoms with van der Waals surface area (Å²) < 4.78 is 71.9. The zero-order valence-corrected chi connectivity index (χ0v) is 20.3. The van der Waals surface area contributed by atoms with Crippen molar-refractivity contribution in [2.45, 2.75) is 50.6 Å². The summed E-state index contributed by atoms with van der Waals surface area (Å²) in [5.41, 5.74) is -1.96. The van der Waals surface area contributed by atoms with Crippen molar-refractivity contribution in [2.24, 2.45) is 5.41 Å². The molecular formula is C25H28F5N5O2. The highest BCUT2D eigenvalue weighted by Gasteiger charge is 2.66. The normalized spacial score (nSPS) is 23.1. The van der Waals surface area contributed by atoms with E-state index in [1.165, 1.54) is 10.5 Å². The first-order chi connectivity index (χ1) is 17.5. The summed E-state index contributed by atoms with van der Waals surface area (Å²) in [6.45, 7) is 4.56. The summed E-state index contributed by atoms with van der Waals surface area (Å²) in [4.78, 5) is 25.5. The minimum Gasteiger partial charge on any atom is -0.437 e. The van der Waals surface area contributed by atoms with Crippen LogP contribution in [0.25, 0.3) is 0 Å². The average molecular weight is 526 g/mol. The van der Waals surface area contributed by atoms with Gasteiger partial charge in [-0.1, -0.05) is 30.3 Å². The van der Waals surface area contributed by atoms with Crippen LogP contribution in [0.4, 0.5) is 32.6 Å². The van der Waals surface area contributed by atoms with Gasteiger partial charge in [0.1, 0.15) is 5.82 Å². The average Bonchev–Trinajstić information content (AvgIpc) is 2.81. The molecule has 1 atom stereocenters. The van der Waals surface area contributed by atoms with Gasteiger partial charge in [-0.2, -0.15) is 13.2 Å². The van der Waals surface area contributed by atoms with E-state index in [9.17, 15) is 26.7 Å². The van der Waals surface area contributed by atoms with Gasteiger partial charge in [0.25, 0.3) is 6.43 Å². The molecule has 2 aliphatic heterocycles. The minimum atomic E-state index is -4.58. The van der Waals surface area contributed by atoms with Gasteiger partial charge in [-0.15, -0.1) is 0 Å². The van der Waals surface area contributed by atoms with Crippen LogP contribution in [0.1, 0.15) is 31.0 Å². The third kappa shape index (κ3) is 5.07. The molecule has 2 aromatic rings. The van der Waals surface area contributed by atoms with E-state index >= 15 is 0 Å². The quantitative estimate of drug-likeness (QED) is 0.538. The van der Waals surface area contributed by atoms with E-state index < -0.39 is 36.0 Å². The Hall–Kier alpha value is -3.02. The topological polar surface area (TPSA) is 61.8 Å². The van der Waals surface area contributed by atoms with Crippen molar-refractivity contribution >= 4 is 11.9 Å². The van der Waals surface area contributed by atoms with Gasteiger partial charge in [0.2, 0.25) is 0 Å². The Morgan fingerprint density at radius 1 is 1.11 bits per heavy atom. The van der Waals surface area contributed by atoms with Crippen molar-refractivity contribution in [1.82, 2.24) is 19.8 Å². The number of hydrogen-bond acceptors (Lipinski definition) is 6. The molecule has 12 heteroatoms. The van der Waals surface area contributed by atoms with Gasteiger partial charge in [0.05, 0.1) is 12.4 Å². The van der Waals surface area contributed by atoms with Crippen LogP contribution < -0.4 is 4.90 Å². The second-order valence-corrected chi connectivity index (χ2v) is 10.5. The van der Waals surface area contributed by atoms with E-state index in [4.69, 9.17) is 4.74 Å². The highest BCUT2D eigenvalue weighted by molar-refractivity contribution is 5.69. The van der Waals surface area contributed by atoms with Gasteiger partial charge in [0, 0.05) is 63.6 Å². The molecule has 200 valence electrons.